The summed E-state index contributed by atoms with van der Waals surface area (Å²) in [5.74, 6) is -1.07. The molecule has 0 amide bonds. The molecule has 0 spiro atoms. The summed E-state index contributed by atoms with van der Waals surface area (Å²) in [7, 11) is 0.996. The highest BCUT2D eigenvalue weighted by Gasteiger charge is 2.35. The first-order valence-electron chi connectivity index (χ1n) is 4.69. The van der Waals surface area contributed by atoms with Crippen molar-refractivity contribution in [3.63, 3.8) is 0 Å². The number of benzene rings is 1. The van der Waals surface area contributed by atoms with Gasteiger partial charge in [-0.3, -0.25) is 0 Å². The van der Waals surface area contributed by atoms with E-state index in [1.54, 1.807) is 0 Å². The van der Waals surface area contributed by atoms with Crippen LogP contribution in [0.15, 0.2) is 23.3 Å². The second-order valence-corrected chi connectivity index (χ2v) is 3.26. The maximum absolute atomic E-state index is 12.7. The molecule has 0 bridgehead atoms. The van der Waals surface area contributed by atoms with E-state index in [0.29, 0.717) is 0 Å². The van der Waals surface area contributed by atoms with Crippen molar-refractivity contribution in [1.29, 1.82) is 0 Å². The van der Waals surface area contributed by atoms with E-state index in [2.05, 4.69) is 14.8 Å². The van der Waals surface area contributed by atoms with Gasteiger partial charge in [0.05, 0.1) is 24.8 Å². The van der Waals surface area contributed by atoms with Gasteiger partial charge in [0, 0.05) is 4.91 Å². The monoisotopic (exact) mass is 259 g/mol. The number of hydrogen-bond donors (Lipinski definition) is 0. The Hall–Kier alpha value is -2.21. The van der Waals surface area contributed by atoms with Crippen LogP contribution in [0.3, 0.4) is 0 Å². The molecule has 0 saturated carbocycles. The molecule has 5 nitrogen and oxygen atoms in total. The zero-order valence-electron chi connectivity index (χ0n) is 9.23. The number of carbonyl (C=O) groups excluding carboxylic acids is 1. The van der Waals surface area contributed by atoms with Gasteiger partial charge < -0.3 is 4.74 Å². The van der Waals surface area contributed by atoms with Crippen LogP contribution in [-0.2, 0) is 17.5 Å². The van der Waals surface area contributed by atoms with Gasteiger partial charge in [0.15, 0.2) is 0 Å². The van der Waals surface area contributed by atoms with Crippen LogP contribution in [0.2, 0.25) is 0 Å². The van der Waals surface area contributed by atoms with Crippen LogP contribution in [0.5, 0.6) is 0 Å². The summed E-state index contributed by atoms with van der Waals surface area (Å²) in [5.41, 5.74) is 6.57. The molecule has 0 N–H and O–H groups in total. The summed E-state index contributed by atoms with van der Waals surface area (Å²) < 4.78 is 42.5. The molecular weight excluding hydrogens is 251 g/mol. The number of nitrogens with zero attached hydrogens (tertiary/aromatic N) is 3. The Balaban J connectivity index is 3.29. The van der Waals surface area contributed by atoms with Crippen LogP contribution in [0.4, 0.5) is 13.2 Å². The van der Waals surface area contributed by atoms with Crippen LogP contribution in [0.25, 0.3) is 10.4 Å². The van der Waals surface area contributed by atoms with Gasteiger partial charge in [0.25, 0.3) is 0 Å². The quantitative estimate of drug-likeness (QED) is 0.361. The van der Waals surface area contributed by atoms with Crippen molar-refractivity contribution in [2.75, 3.05) is 7.11 Å². The fourth-order valence-corrected chi connectivity index (χ4v) is 1.33. The number of azide groups is 1. The van der Waals surface area contributed by atoms with Gasteiger partial charge in [-0.1, -0.05) is 11.2 Å². The van der Waals surface area contributed by atoms with Crippen LogP contribution in [0.1, 0.15) is 21.5 Å². The minimum Gasteiger partial charge on any atom is -0.465 e. The molecule has 1 aromatic carbocycles. The lowest BCUT2D eigenvalue weighted by molar-refractivity contribution is -0.138. The summed E-state index contributed by atoms with van der Waals surface area (Å²) in [6, 6.07) is 3.04. The Kier molecular flexibility index (Phi) is 4.17. The van der Waals surface area contributed by atoms with Gasteiger partial charge in [0.2, 0.25) is 0 Å². The molecule has 0 aliphatic carbocycles. The summed E-state index contributed by atoms with van der Waals surface area (Å²) in [6.07, 6.45) is -4.68. The minimum absolute atomic E-state index is 0.160. The molecule has 0 aliphatic rings. The van der Waals surface area contributed by atoms with Crippen molar-refractivity contribution in [3.05, 3.63) is 45.3 Å². The maximum Gasteiger partial charge on any atom is 0.417 e. The van der Waals surface area contributed by atoms with E-state index >= 15 is 0 Å². The molecule has 8 heteroatoms. The molecule has 0 saturated heterocycles. The van der Waals surface area contributed by atoms with Crippen molar-refractivity contribution < 1.29 is 22.7 Å². The number of methoxy groups -OCH3 is 1. The number of rotatable bonds is 3. The third kappa shape index (κ3) is 3.14. The zero-order chi connectivity index (χ0) is 13.8. The van der Waals surface area contributed by atoms with E-state index in [0.717, 1.165) is 19.2 Å². The molecule has 18 heavy (non-hydrogen) atoms. The molecular formula is C10H8F3N3O2. The Labute approximate surface area is 99.8 Å². The summed E-state index contributed by atoms with van der Waals surface area (Å²) >= 11 is 0. The predicted molar refractivity (Wildman–Crippen MR) is 55.6 cm³/mol. The van der Waals surface area contributed by atoms with Crippen molar-refractivity contribution in [2.45, 2.75) is 12.7 Å². The molecule has 0 radical (unpaired) electrons. The maximum atomic E-state index is 12.7. The van der Waals surface area contributed by atoms with Crippen LogP contribution < -0.4 is 0 Å². The van der Waals surface area contributed by atoms with E-state index < -0.39 is 23.3 Å². The fraction of sp³-hybridized carbons (Fsp3) is 0.300. The largest absolute Gasteiger partial charge is 0.465 e. The second kappa shape index (κ2) is 5.42. The number of carbonyl (C=O) groups is 1. The standard InChI is InChI=1S/C10H8F3N3O2/c1-18-9(17)7-3-2-6(5-15-16-14)4-8(7)10(11,12)13/h2-4H,5H2,1H3. The lowest BCUT2D eigenvalue weighted by Crippen LogP contribution is -2.14. The highest BCUT2D eigenvalue weighted by molar-refractivity contribution is 5.91. The van der Waals surface area contributed by atoms with Crippen LogP contribution in [0, 0.1) is 0 Å². The minimum atomic E-state index is -4.68. The Morgan fingerprint density at radius 1 is 1.50 bits per heavy atom. The van der Waals surface area contributed by atoms with Crippen molar-refractivity contribution in [1.82, 2.24) is 0 Å². The van der Waals surface area contributed by atoms with E-state index in [4.69, 9.17) is 5.53 Å². The molecule has 96 valence electrons. The topological polar surface area (TPSA) is 75.1 Å². The highest BCUT2D eigenvalue weighted by atomic mass is 19.4. The number of ether oxygens (including phenoxy) is 1. The van der Waals surface area contributed by atoms with Crippen molar-refractivity contribution in [2.24, 2.45) is 5.11 Å². The molecule has 0 atom stereocenters. The lowest BCUT2D eigenvalue weighted by Gasteiger charge is -2.12. The fourth-order valence-electron chi connectivity index (χ4n) is 1.33. The van der Waals surface area contributed by atoms with E-state index in [-0.39, 0.29) is 12.1 Å². The zero-order valence-corrected chi connectivity index (χ0v) is 9.23. The predicted octanol–water partition coefficient (Wildman–Crippen LogP) is 3.30. The molecule has 1 aromatic rings. The third-order valence-corrected chi connectivity index (χ3v) is 2.11. The van der Waals surface area contributed by atoms with Gasteiger partial charge in [-0.05, 0) is 23.2 Å². The Morgan fingerprint density at radius 3 is 2.67 bits per heavy atom. The van der Waals surface area contributed by atoms with E-state index in [9.17, 15) is 18.0 Å². The van der Waals surface area contributed by atoms with Gasteiger partial charge in [-0.2, -0.15) is 13.2 Å². The average Bonchev–Trinajstić information content (AvgIpc) is 2.34. The van der Waals surface area contributed by atoms with Crippen molar-refractivity contribution >= 4 is 5.97 Å². The Bertz CT molecular complexity index is 508. The first-order chi connectivity index (χ1) is 8.40. The Morgan fingerprint density at radius 2 is 2.17 bits per heavy atom. The molecule has 1 rings (SSSR count). The molecule has 0 aromatic heterocycles. The average molecular weight is 259 g/mol. The van der Waals surface area contributed by atoms with Crippen LogP contribution >= 0.6 is 0 Å². The SMILES string of the molecule is COC(=O)c1ccc(CN=[N+]=[N-])cc1C(F)(F)F. The van der Waals surface area contributed by atoms with Gasteiger partial charge >= 0.3 is 12.1 Å². The summed E-state index contributed by atoms with van der Waals surface area (Å²) in [5, 5.41) is 3.16. The number of hydrogen-bond acceptors (Lipinski definition) is 3. The highest BCUT2D eigenvalue weighted by Crippen LogP contribution is 2.33. The van der Waals surface area contributed by atoms with Gasteiger partial charge in [-0.25, -0.2) is 4.79 Å². The number of halogens is 3. The van der Waals surface area contributed by atoms with Gasteiger partial charge in [0.1, 0.15) is 0 Å². The van der Waals surface area contributed by atoms with E-state index in [1.807, 2.05) is 0 Å². The first kappa shape index (κ1) is 13.9. The van der Waals surface area contributed by atoms with Gasteiger partial charge in [-0.15, -0.1) is 0 Å². The molecule has 0 unspecified atom stereocenters. The number of alkyl halides is 3. The van der Waals surface area contributed by atoms with Crippen LogP contribution in [-0.4, -0.2) is 13.1 Å². The normalized spacial score (nSPS) is 10.7. The second-order valence-electron chi connectivity index (χ2n) is 3.26. The summed E-state index contributed by atoms with van der Waals surface area (Å²) in [6.45, 7) is -0.221. The molecule has 0 heterocycles. The first-order valence-corrected chi connectivity index (χ1v) is 4.69. The number of esters is 1. The lowest BCUT2D eigenvalue weighted by atomic mass is 10.0. The van der Waals surface area contributed by atoms with E-state index in [1.165, 1.54) is 6.07 Å². The molecule has 0 fully saturated rings. The van der Waals surface area contributed by atoms with Crippen molar-refractivity contribution in [3.8, 4) is 0 Å². The smallest absolute Gasteiger partial charge is 0.417 e. The third-order valence-electron chi connectivity index (χ3n) is 2.11. The summed E-state index contributed by atoms with van der Waals surface area (Å²) in [4.78, 5) is 13.7. The molecule has 0 aliphatic heterocycles.